The van der Waals surface area contributed by atoms with Crippen molar-refractivity contribution in [3.8, 4) is 0 Å². The fourth-order valence-corrected chi connectivity index (χ4v) is 3.37. The molecule has 3 unspecified atom stereocenters. The number of carbonyl (C=O) groups excluding carboxylic acids is 1. The molecular weight excluding hydrogens is 266 g/mol. The van der Waals surface area contributed by atoms with Gasteiger partial charge in [0.05, 0.1) is 5.69 Å². The molecule has 1 aliphatic heterocycles. The van der Waals surface area contributed by atoms with Crippen LogP contribution in [0.5, 0.6) is 0 Å². The Bertz CT molecular complexity index is 682. The summed E-state index contributed by atoms with van der Waals surface area (Å²) in [5.41, 5.74) is 2.53. The van der Waals surface area contributed by atoms with Crippen molar-refractivity contribution in [2.75, 3.05) is 13.1 Å². The number of likely N-dealkylation sites (tertiary alicyclic amines) is 1. The second kappa shape index (κ2) is 4.79. The fraction of sp³-hybridized carbons (Fsp3) is 0.600. The number of aromatic nitrogens is 4. The molecule has 3 atom stereocenters. The zero-order chi connectivity index (χ0) is 14.4. The quantitative estimate of drug-likeness (QED) is 0.911. The Balaban J connectivity index is 1.56. The summed E-state index contributed by atoms with van der Waals surface area (Å²) in [5.74, 6) is 1.46. The number of hydrogen-bond donors (Lipinski definition) is 1. The highest BCUT2D eigenvalue weighted by molar-refractivity contribution is 5.82. The van der Waals surface area contributed by atoms with Gasteiger partial charge in [-0.15, -0.1) is 0 Å². The first kappa shape index (κ1) is 12.7. The summed E-state index contributed by atoms with van der Waals surface area (Å²) in [4.78, 5) is 23.1. The molecule has 2 aromatic rings. The first-order chi connectivity index (χ1) is 10.2. The third-order valence-electron chi connectivity index (χ3n) is 4.78. The van der Waals surface area contributed by atoms with Gasteiger partial charge in [-0.3, -0.25) is 9.89 Å². The maximum absolute atomic E-state index is 12.4. The molecule has 2 fully saturated rings. The molecule has 1 saturated heterocycles. The van der Waals surface area contributed by atoms with E-state index in [1.165, 1.54) is 0 Å². The highest BCUT2D eigenvalue weighted by Gasteiger charge is 2.42. The van der Waals surface area contributed by atoms with Crippen LogP contribution in [0.25, 0.3) is 11.2 Å². The van der Waals surface area contributed by atoms with E-state index in [9.17, 15) is 4.79 Å². The first-order valence-electron chi connectivity index (χ1n) is 7.68. The number of amides is 1. The van der Waals surface area contributed by atoms with E-state index in [2.05, 4.69) is 27.1 Å². The van der Waals surface area contributed by atoms with Gasteiger partial charge in [0.15, 0.2) is 5.65 Å². The van der Waals surface area contributed by atoms with E-state index in [1.54, 1.807) is 12.4 Å². The Kier molecular flexibility index (Phi) is 2.90. The molecule has 1 saturated carbocycles. The molecular formula is C15H19N5O. The Labute approximate surface area is 123 Å². The van der Waals surface area contributed by atoms with Crippen LogP contribution in [-0.4, -0.2) is 44.1 Å². The van der Waals surface area contributed by atoms with E-state index < -0.39 is 0 Å². The van der Waals surface area contributed by atoms with E-state index in [-0.39, 0.29) is 5.92 Å². The molecule has 4 rings (SSSR count). The van der Waals surface area contributed by atoms with Crippen LogP contribution in [0.4, 0.5) is 0 Å². The molecule has 6 heteroatoms. The largest absolute Gasteiger partial charge is 0.342 e. The van der Waals surface area contributed by atoms with Gasteiger partial charge >= 0.3 is 0 Å². The summed E-state index contributed by atoms with van der Waals surface area (Å²) in [7, 11) is 0. The minimum Gasteiger partial charge on any atom is -0.342 e. The van der Waals surface area contributed by atoms with E-state index in [1.807, 2.05) is 4.90 Å². The first-order valence-corrected chi connectivity index (χ1v) is 7.68. The molecule has 1 amide bonds. The third-order valence-corrected chi connectivity index (χ3v) is 4.78. The Hall–Kier alpha value is -1.98. The number of fused-ring (bicyclic) bond motifs is 1. The van der Waals surface area contributed by atoms with Crippen LogP contribution in [-0.2, 0) is 4.79 Å². The topological polar surface area (TPSA) is 74.8 Å². The van der Waals surface area contributed by atoms with Crippen molar-refractivity contribution in [2.24, 2.45) is 11.8 Å². The van der Waals surface area contributed by atoms with Gasteiger partial charge in [0.1, 0.15) is 5.52 Å². The summed E-state index contributed by atoms with van der Waals surface area (Å²) in [6, 6.07) is 0. The van der Waals surface area contributed by atoms with Crippen LogP contribution in [0.15, 0.2) is 12.4 Å². The lowest BCUT2D eigenvalue weighted by molar-refractivity contribution is -0.134. The second-order valence-electron chi connectivity index (χ2n) is 6.31. The van der Waals surface area contributed by atoms with Gasteiger partial charge in [-0.05, 0) is 25.2 Å². The minimum absolute atomic E-state index is 0.266. The number of nitrogens with one attached hydrogen (secondary N) is 1. The van der Waals surface area contributed by atoms with Gasteiger partial charge < -0.3 is 4.90 Å². The van der Waals surface area contributed by atoms with Crippen molar-refractivity contribution in [2.45, 2.75) is 32.1 Å². The molecule has 110 valence electrons. The highest BCUT2D eigenvalue weighted by atomic mass is 16.2. The summed E-state index contributed by atoms with van der Waals surface area (Å²) < 4.78 is 0. The number of aromatic amines is 1. The average molecular weight is 285 g/mol. The van der Waals surface area contributed by atoms with Gasteiger partial charge in [0.2, 0.25) is 5.91 Å². The second-order valence-corrected chi connectivity index (χ2v) is 6.31. The Morgan fingerprint density at radius 1 is 1.38 bits per heavy atom. The van der Waals surface area contributed by atoms with Gasteiger partial charge in [0.25, 0.3) is 0 Å². The lowest BCUT2D eigenvalue weighted by Gasteiger charge is -2.32. The summed E-state index contributed by atoms with van der Waals surface area (Å²) >= 11 is 0. The molecule has 0 aromatic carbocycles. The monoisotopic (exact) mass is 285 g/mol. The standard InChI is InChI=1S/C15H19N5O/c1-9-7-11(9)15(21)20-6-2-3-10(8-20)12-13-14(19-18-12)17-5-4-16-13/h4-5,9-11H,2-3,6-8H2,1H3,(H,17,18,19). The molecule has 0 spiro atoms. The average Bonchev–Trinajstić information content (AvgIpc) is 3.10. The fourth-order valence-electron chi connectivity index (χ4n) is 3.37. The zero-order valence-electron chi connectivity index (χ0n) is 12.1. The van der Waals surface area contributed by atoms with Crippen LogP contribution >= 0.6 is 0 Å². The van der Waals surface area contributed by atoms with Gasteiger partial charge in [0, 0.05) is 37.3 Å². The van der Waals surface area contributed by atoms with E-state index >= 15 is 0 Å². The van der Waals surface area contributed by atoms with E-state index in [0.29, 0.717) is 23.4 Å². The van der Waals surface area contributed by atoms with E-state index in [4.69, 9.17) is 0 Å². The van der Waals surface area contributed by atoms with Gasteiger partial charge in [-0.1, -0.05) is 6.92 Å². The predicted molar refractivity (Wildman–Crippen MR) is 77.5 cm³/mol. The molecule has 0 bridgehead atoms. The van der Waals surface area contributed by atoms with Crippen LogP contribution in [0.3, 0.4) is 0 Å². The molecule has 3 heterocycles. The summed E-state index contributed by atoms with van der Waals surface area (Å²) in [6.07, 6.45) is 6.51. The minimum atomic E-state index is 0.266. The number of piperidine rings is 1. The Morgan fingerprint density at radius 3 is 3.00 bits per heavy atom. The molecule has 1 N–H and O–H groups in total. The lowest BCUT2D eigenvalue weighted by Crippen LogP contribution is -2.40. The van der Waals surface area contributed by atoms with Crippen molar-refractivity contribution < 1.29 is 4.79 Å². The number of carbonyl (C=O) groups is 1. The summed E-state index contributed by atoms with van der Waals surface area (Å²) in [6.45, 7) is 3.81. The maximum atomic E-state index is 12.4. The van der Waals surface area contributed by atoms with Gasteiger partial charge in [-0.25, -0.2) is 9.97 Å². The molecule has 6 nitrogen and oxygen atoms in total. The van der Waals surface area contributed by atoms with Crippen molar-refractivity contribution in [1.82, 2.24) is 25.1 Å². The highest BCUT2D eigenvalue weighted by Crippen LogP contribution is 2.40. The number of nitrogens with zero attached hydrogens (tertiary/aromatic N) is 4. The smallest absolute Gasteiger partial charge is 0.225 e. The molecule has 0 radical (unpaired) electrons. The lowest BCUT2D eigenvalue weighted by atomic mass is 9.94. The van der Waals surface area contributed by atoms with Crippen LogP contribution in [0.2, 0.25) is 0 Å². The van der Waals surface area contributed by atoms with Crippen molar-refractivity contribution in [3.63, 3.8) is 0 Å². The van der Waals surface area contributed by atoms with Crippen molar-refractivity contribution in [1.29, 1.82) is 0 Å². The third kappa shape index (κ3) is 2.18. The summed E-state index contributed by atoms with van der Waals surface area (Å²) in [5, 5.41) is 7.30. The SMILES string of the molecule is CC1CC1C(=O)N1CCCC(c2[nH]nc3nccnc23)C1. The normalized spacial score (nSPS) is 28.8. The van der Waals surface area contributed by atoms with Gasteiger partial charge in [-0.2, -0.15) is 5.10 Å². The Morgan fingerprint density at radius 2 is 2.19 bits per heavy atom. The number of rotatable bonds is 2. The number of hydrogen-bond acceptors (Lipinski definition) is 4. The maximum Gasteiger partial charge on any atom is 0.225 e. The van der Waals surface area contributed by atoms with Crippen LogP contribution in [0.1, 0.15) is 37.8 Å². The van der Waals surface area contributed by atoms with E-state index in [0.717, 1.165) is 43.6 Å². The molecule has 2 aromatic heterocycles. The van der Waals surface area contributed by atoms with Crippen LogP contribution in [0, 0.1) is 11.8 Å². The molecule has 2 aliphatic rings. The molecule has 1 aliphatic carbocycles. The molecule has 21 heavy (non-hydrogen) atoms. The van der Waals surface area contributed by atoms with Crippen molar-refractivity contribution in [3.05, 3.63) is 18.1 Å². The van der Waals surface area contributed by atoms with Crippen molar-refractivity contribution >= 4 is 17.1 Å². The zero-order valence-corrected chi connectivity index (χ0v) is 12.1. The van der Waals surface area contributed by atoms with Crippen LogP contribution < -0.4 is 0 Å². The number of H-pyrrole nitrogens is 1. The predicted octanol–water partition coefficient (Wildman–Crippen LogP) is 1.71.